The minimum absolute atomic E-state index is 0.0587. The SMILES string of the molecule is CNC1CCCN(CCC(=O)Nc2c(Cl)cccc2Cl)C1. The number of anilines is 1. The smallest absolute Gasteiger partial charge is 0.225 e. The summed E-state index contributed by atoms with van der Waals surface area (Å²) in [4.78, 5) is 14.4. The topological polar surface area (TPSA) is 44.4 Å². The molecule has 0 aromatic heterocycles. The summed E-state index contributed by atoms with van der Waals surface area (Å²) in [5, 5.41) is 7.02. The van der Waals surface area contributed by atoms with E-state index in [4.69, 9.17) is 23.2 Å². The Labute approximate surface area is 135 Å². The Balaban J connectivity index is 1.82. The summed E-state index contributed by atoms with van der Waals surface area (Å²) in [6.45, 7) is 2.81. The summed E-state index contributed by atoms with van der Waals surface area (Å²) in [6, 6.07) is 5.71. The van der Waals surface area contributed by atoms with Gasteiger partial charge >= 0.3 is 0 Å². The van der Waals surface area contributed by atoms with E-state index in [9.17, 15) is 4.79 Å². The first kappa shape index (κ1) is 16.6. The van der Waals surface area contributed by atoms with Crippen molar-refractivity contribution >= 4 is 34.8 Å². The molecule has 1 amide bonds. The molecule has 116 valence electrons. The highest BCUT2D eigenvalue weighted by atomic mass is 35.5. The van der Waals surface area contributed by atoms with Crippen LogP contribution in [0.15, 0.2) is 18.2 Å². The lowest BCUT2D eigenvalue weighted by molar-refractivity contribution is -0.116. The van der Waals surface area contributed by atoms with Crippen LogP contribution in [-0.4, -0.2) is 43.5 Å². The molecule has 1 atom stereocenters. The average Bonchev–Trinajstić information content (AvgIpc) is 2.49. The number of hydrogen-bond donors (Lipinski definition) is 2. The highest BCUT2D eigenvalue weighted by Crippen LogP contribution is 2.29. The third-order valence-corrected chi connectivity index (χ3v) is 4.43. The van der Waals surface area contributed by atoms with Crippen LogP contribution in [0.3, 0.4) is 0 Å². The number of amides is 1. The van der Waals surface area contributed by atoms with Gasteiger partial charge in [-0.1, -0.05) is 29.3 Å². The molecular formula is C15H21Cl2N3O. The largest absolute Gasteiger partial charge is 0.324 e. The molecule has 1 heterocycles. The van der Waals surface area contributed by atoms with E-state index in [1.807, 2.05) is 7.05 Å². The summed E-state index contributed by atoms with van der Waals surface area (Å²) in [5.74, 6) is -0.0587. The molecule has 2 N–H and O–H groups in total. The van der Waals surface area contributed by atoms with Crippen LogP contribution >= 0.6 is 23.2 Å². The molecule has 0 spiro atoms. The van der Waals surface area contributed by atoms with Gasteiger partial charge in [-0.3, -0.25) is 4.79 Å². The minimum Gasteiger partial charge on any atom is -0.324 e. The quantitative estimate of drug-likeness (QED) is 0.872. The van der Waals surface area contributed by atoms with E-state index < -0.39 is 0 Å². The fourth-order valence-corrected chi connectivity index (χ4v) is 3.07. The van der Waals surface area contributed by atoms with Crippen LogP contribution in [0.2, 0.25) is 10.0 Å². The molecule has 1 aromatic carbocycles. The Morgan fingerprint density at radius 1 is 1.38 bits per heavy atom. The van der Waals surface area contributed by atoms with E-state index in [1.165, 1.54) is 12.8 Å². The molecule has 21 heavy (non-hydrogen) atoms. The number of para-hydroxylation sites is 1. The summed E-state index contributed by atoms with van der Waals surface area (Å²) in [5.41, 5.74) is 0.498. The van der Waals surface area contributed by atoms with Gasteiger partial charge in [0.2, 0.25) is 5.91 Å². The van der Waals surface area contributed by atoms with Gasteiger partial charge in [0.15, 0.2) is 0 Å². The van der Waals surface area contributed by atoms with Crippen molar-refractivity contribution in [3.05, 3.63) is 28.2 Å². The Morgan fingerprint density at radius 2 is 2.10 bits per heavy atom. The lowest BCUT2D eigenvalue weighted by Crippen LogP contribution is -2.45. The van der Waals surface area contributed by atoms with Gasteiger partial charge < -0.3 is 15.5 Å². The fourth-order valence-electron chi connectivity index (χ4n) is 2.57. The highest BCUT2D eigenvalue weighted by molar-refractivity contribution is 6.39. The molecule has 0 aliphatic carbocycles. The van der Waals surface area contributed by atoms with Gasteiger partial charge in [-0.2, -0.15) is 0 Å². The molecule has 0 radical (unpaired) electrons. The van der Waals surface area contributed by atoms with Gasteiger partial charge in [-0.25, -0.2) is 0 Å². The normalized spacial score (nSPS) is 19.5. The van der Waals surface area contributed by atoms with Crippen LogP contribution in [0, 0.1) is 0 Å². The monoisotopic (exact) mass is 329 g/mol. The third-order valence-electron chi connectivity index (χ3n) is 3.80. The molecule has 1 fully saturated rings. The van der Waals surface area contributed by atoms with Gasteiger partial charge in [0.25, 0.3) is 0 Å². The van der Waals surface area contributed by atoms with Crippen molar-refractivity contribution in [1.29, 1.82) is 0 Å². The molecule has 1 aliphatic heterocycles. The lowest BCUT2D eigenvalue weighted by atomic mass is 10.1. The van der Waals surface area contributed by atoms with Crippen molar-refractivity contribution in [3.63, 3.8) is 0 Å². The zero-order valence-corrected chi connectivity index (χ0v) is 13.7. The first-order chi connectivity index (χ1) is 10.1. The number of carbonyl (C=O) groups is 1. The second-order valence-corrected chi connectivity index (χ2v) is 6.14. The third kappa shape index (κ3) is 4.85. The van der Waals surface area contributed by atoms with E-state index in [0.29, 0.717) is 28.2 Å². The summed E-state index contributed by atoms with van der Waals surface area (Å²) >= 11 is 12.1. The fraction of sp³-hybridized carbons (Fsp3) is 0.533. The number of rotatable bonds is 5. The van der Waals surface area contributed by atoms with Crippen molar-refractivity contribution < 1.29 is 4.79 Å². The molecule has 2 rings (SSSR count). The Hall–Kier alpha value is -0.810. The standard InChI is InChI=1S/C15H21Cl2N3O/c1-18-11-4-3-8-20(10-11)9-7-14(21)19-15-12(16)5-2-6-13(15)17/h2,5-6,11,18H,3-4,7-10H2,1H3,(H,19,21). The van der Waals surface area contributed by atoms with Crippen LogP contribution in [0.1, 0.15) is 19.3 Å². The predicted molar refractivity (Wildman–Crippen MR) is 88.2 cm³/mol. The van der Waals surface area contributed by atoms with Gasteiger partial charge in [0.05, 0.1) is 15.7 Å². The maximum atomic E-state index is 12.0. The van der Waals surface area contributed by atoms with Crippen molar-refractivity contribution in [2.45, 2.75) is 25.3 Å². The van der Waals surface area contributed by atoms with Gasteiger partial charge in [-0.05, 0) is 38.6 Å². The number of halogens is 2. The zero-order chi connectivity index (χ0) is 15.2. The average molecular weight is 330 g/mol. The summed E-state index contributed by atoms with van der Waals surface area (Å²) < 4.78 is 0. The number of likely N-dealkylation sites (tertiary alicyclic amines) is 1. The van der Waals surface area contributed by atoms with Crippen LogP contribution in [-0.2, 0) is 4.79 Å². The van der Waals surface area contributed by atoms with E-state index in [1.54, 1.807) is 18.2 Å². The van der Waals surface area contributed by atoms with Gasteiger partial charge in [0, 0.05) is 25.6 Å². The molecule has 0 bridgehead atoms. The molecule has 1 aliphatic rings. The Bertz CT molecular complexity index is 476. The van der Waals surface area contributed by atoms with E-state index in [2.05, 4.69) is 15.5 Å². The number of benzene rings is 1. The predicted octanol–water partition coefficient (Wildman–Crippen LogP) is 3.01. The van der Waals surface area contributed by atoms with Crippen molar-refractivity contribution in [1.82, 2.24) is 10.2 Å². The van der Waals surface area contributed by atoms with Crippen molar-refractivity contribution in [2.24, 2.45) is 0 Å². The van der Waals surface area contributed by atoms with Crippen LogP contribution in [0.4, 0.5) is 5.69 Å². The summed E-state index contributed by atoms with van der Waals surface area (Å²) in [7, 11) is 1.99. The molecular weight excluding hydrogens is 309 g/mol. The molecule has 0 saturated carbocycles. The van der Waals surface area contributed by atoms with Crippen LogP contribution in [0.5, 0.6) is 0 Å². The lowest BCUT2D eigenvalue weighted by Gasteiger charge is -2.32. The molecule has 4 nitrogen and oxygen atoms in total. The molecule has 1 saturated heterocycles. The minimum atomic E-state index is -0.0587. The van der Waals surface area contributed by atoms with Gasteiger partial charge in [-0.15, -0.1) is 0 Å². The van der Waals surface area contributed by atoms with Crippen LogP contribution in [0.25, 0.3) is 0 Å². The number of nitrogens with zero attached hydrogens (tertiary/aromatic N) is 1. The number of likely N-dealkylation sites (N-methyl/N-ethyl adjacent to an activating group) is 1. The number of nitrogens with one attached hydrogen (secondary N) is 2. The maximum absolute atomic E-state index is 12.0. The number of hydrogen-bond acceptors (Lipinski definition) is 3. The summed E-state index contributed by atoms with van der Waals surface area (Å²) in [6.07, 6.45) is 2.82. The highest BCUT2D eigenvalue weighted by Gasteiger charge is 2.19. The first-order valence-corrected chi connectivity index (χ1v) is 7.99. The second kappa shape index (κ2) is 7.99. The first-order valence-electron chi connectivity index (χ1n) is 7.23. The van der Waals surface area contributed by atoms with E-state index in [-0.39, 0.29) is 5.91 Å². The van der Waals surface area contributed by atoms with Crippen LogP contribution < -0.4 is 10.6 Å². The molecule has 6 heteroatoms. The second-order valence-electron chi connectivity index (χ2n) is 5.32. The van der Waals surface area contributed by atoms with Crippen molar-refractivity contribution in [3.8, 4) is 0 Å². The Kier molecular flexibility index (Phi) is 6.30. The molecule has 1 unspecified atom stereocenters. The Morgan fingerprint density at radius 3 is 2.76 bits per heavy atom. The van der Waals surface area contributed by atoms with Crippen molar-refractivity contribution in [2.75, 3.05) is 32.0 Å². The van der Waals surface area contributed by atoms with E-state index >= 15 is 0 Å². The zero-order valence-electron chi connectivity index (χ0n) is 12.2. The number of carbonyl (C=O) groups excluding carboxylic acids is 1. The molecule has 1 aromatic rings. The maximum Gasteiger partial charge on any atom is 0.225 e. The van der Waals surface area contributed by atoms with E-state index in [0.717, 1.165) is 19.6 Å². The number of piperidine rings is 1. The van der Waals surface area contributed by atoms with Gasteiger partial charge in [0.1, 0.15) is 0 Å².